The first-order valence-electron chi connectivity index (χ1n) is 6.27. The van der Waals surface area contributed by atoms with E-state index in [1.54, 1.807) is 0 Å². The van der Waals surface area contributed by atoms with E-state index in [-0.39, 0.29) is 5.78 Å². The number of benzene rings is 1. The molecule has 1 aromatic carbocycles. The van der Waals surface area contributed by atoms with Crippen LogP contribution in [-0.2, 0) is 0 Å². The van der Waals surface area contributed by atoms with E-state index in [0.717, 1.165) is 34.0 Å². The van der Waals surface area contributed by atoms with Crippen molar-refractivity contribution in [1.29, 1.82) is 0 Å². The van der Waals surface area contributed by atoms with Crippen molar-refractivity contribution in [2.24, 2.45) is 0 Å². The minimum absolute atomic E-state index is 0.233. The fraction of sp³-hybridized carbons (Fsp3) is 0.400. The molecule has 2 heteroatoms. The second-order valence-electron chi connectivity index (χ2n) is 4.49. The van der Waals surface area contributed by atoms with E-state index >= 15 is 0 Å². The number of hydrogen-bond acceptors (Lipinski definition) is 1. The maximum atomic E-state index is 12.4. The molecule has 1 aliphatic carbocycles. The Morgan fingerprint density at radius 1 is 1.06 bits per heavy atom. The molecule has 0 aliphatic heterocycles. The van der Waals surface area contributed by atoms with Gasteiger partial charge in [-0.2, -0.15) is 0 Å². The lowest BCUT2D eigenvalue weighted by Gasteiger charge is -2.11. The Labute approximate surface area is 116 Å². The molecule has 0 bridgehead atoms. The van der Waals surface area contributed by atoms with Crippen molar-refractivity contribution in [3.05, 3.63) is 45.0 Å². The van der Waals surface area contributed by atoms with Gasteiger partial charge in [-0.25, -0.2) is 0 Å². The lowest BCUT2D eigenvalue weighted by atomic mass is 9.94. The second kappa shape index (κ2) is 6.34. The first-order chi connectivity index (χ1) is 8.29. The van der Waals surface area contributed by atoms with Crippen LogP contribution in [0.1, 0.15) is 48.9 Å². The SMILES string of the molecule is O=C(/C1=C/CCCCCC1)c1ccccc1I. The molecule has 0 spiro atoms. The van der Waals surface area contributed by atoms with Crippen molar-refractivity contribution in [3.63, 3.8) is 0 Å². The minimum atomic E-state index is 0.233. The molecule has 0 fully saturated rings. The molecule has 90 valence electrons. The molecule has 0 radical (unpaired) electrons. The highest BCUT2D eigenvalue weighted by atomic mass is 127. The van der Waals surface area contributed by atoms with Crippen molar-refractivity contribution < 1.29 is 4.79 Å². The zero-order chi connectivity index (χ0) is 12.1. The zero-order valence-corrected chi connectivity index (χ0v) is 12.1. The van der Waals surface area contributed by atoms with E-state index in [4.69, 9.17) is 0 Å². The number of carbonyl (C=O) groups excluding carboxylic acids is 1. The summed E-state index contributed by atoms with van der Waals surface area (Å²) in [6, 6.07) is 7.85. The molecule has 0 saturated heterocycles. The summed E-state index contributed by atoms with van der Waals surface area (Å²) >= 11 is 2.24. The van der Waals surface area contributed by atoms with Crippen LogP contribution in [0.15, 0.2) is 35.9 Å². The second-order valence-corrected chi connectivity index (χ2v) is 5.65. The van der Waals surface area contributed by atoms with Gasteiger partial charge in [-0.15, -0.1) is 0 Å². The molecule has 1 nitrogen and oxygen atoms in total. The first kappa shape index (κ1) is 12.8. The third kappa shape index (κ3) is 3.41. The molecular weight excluding hydrogens is 323 g/mol. The van der Waals surface area contributed by atoms with Gasteiger partial charge in [0.15, 0.2) is 5.78 Å². The lowest BCUT2D eigenvalue weighted by molar-refractivity contribution is 0.102. The smallest absolute Gasteiger partial charge is 0.189 e. The van der Waals surface area contributed by atoms with Gasteiger partial charge in [-0.05, 0) is 66.0 Å². The molecule has 2 rings (SSSR count). The van der Waals surface area contributed by atoms with Crippen LogP contribution < -0.4 is 0 Å². The van der Waals surface area contributed by atoms with E-state index in [2.05, 4.69) is 28.7 Å². The maximum Gasteiger partial charge on any atom is 0.189 e. The summed E-state index contributed by atoms with van der Waals surface area (Å²) in [6.45, 7) is 0. The Morgan fingerprint density at radius 2 is 1.82 bits per heavy atom. The number of ketones is 1. The molecule has 1 aromatic rings. The van der Waals surface area contributed by atoms with Gasteiger partial charge in [0.1, 0.15) is 0 Å². The average molecular weight is 340 g/mol. The van der Waals surface area contributed by atoms with Crippen molar-refractivity contribution in [2.45, 2.75) is 38.5 Å². The van der Waals surface area contributed by atoms with Gasteiger partial charge in [0.25, 0.3) is 0 Å². The Balaban J connectivity index is 2.21. The van der Waals surface area contributed by atoms with E-state index in [9.17, 15) is 4.79 Å². The largest absolute Gasteiger partial charge is 0.289 e. The van der Waals surface area contributed by atoms with Crippen molar-refractivity contribution >= 4 is 28.4 Å². The normalized spacial score (nSPS) is 19.9. The first-order valence-corrected chi connectivity index (χ1v) is 7.35. The van der Waals surface area contributed by atoms with Crippen molar-refractivity contribution in [3.8, 4) is 0 Å². The monoisotopic (exact) mass is 340 g/mol. The predicted molar refractivity (Wildman–Crippen MR) is 79.3 cm³/mol. The quantitative estimate of drug-likeness (QED) is 0.561. The summed E-state index contributed by atoms with van der Waals surface area (Å²) in [5.41, 5.74) is 1.88. The van der Waals surface area contributed by atoms with Gasteiger partial charge in [0.05, 0.1) is 0 Å². The van der Waals surface area contributed by atoms with E-state index in [1.165, 1.54) is 19.3 Å². The van der Waals surface area contributed by atoms with Gasteiger partial charge in [-0.3, -0.25) is 4.79 Å². The van der Waals surface area contributed by atoms with Gasteiger partial charge in [0.2, 0.25) is 0 Å². The summed E-state index contributed by atoms with van der Waals surface area (Å²) in [6.07, 6.45) is 9.11. The number of rotatable bonds is 2. The Hall–Kier alpha value is -0.640. The molecular formula is C15H17IO. The highest BCUT2D eigenvalue weighted by Crippen LogP contribution is 2.22. The molecule has 0 N–H and O–H groups in total. The molecule has 0 amide bonds. The lowest BCUT2D eigenvalue weighted by Crippen LogP contribution is -2.07. The Bertz CT molecular complexity index is 434. The predicted octanol–water partition coefficient (Wildman–Crippen LogP) is 4.75. The van der Waals surface area contributed by atoms with E-state index in [0.29, 0.717) is 0 Å². The number of hydrogen-bond donors (Lipinski definition) is 0. The van der Waals surface area contributed by atoms with Crippen molar-refractivity contribution in [2.75, 3.05) is 0 Å². The van der Waals surface area contributed by atoms with Crippen LogP contribution >= 0.6 is 22.6 Å². The number of Topliss-reactive ketones (excluding diaryl/α,β-unsaturated/α-hetero) is 1. The molecule has 1 aliphatic rings. The topological polar surface area (TPSA) is 17.1 Å². The fourth-order valence-electron chi connectivity index (χ4n) is 2.22. The van der Waals surface area contributed by atoms with Gasteiger partial charge >= 0.3 is 0 Å². The van der Waals surface area contributed by atoms with E-state index in [1.807, 2.05) is 24.3 Å². The van der Waals surface area contributed by atoms with Gasteiger partial charge in [-0.1, -0.05) is 31.1 Å². The van der Waals surface area contributed by atoms with Crippen LogP contribution in [0.3, 0.4) is 0 Å². The van der Waals surface area contributed by atoms with Gasteiger partial charge in [0, 0.05) is 9.13 Å². The Morgan fingerprint density at radius 3 is 2.65 bits per heavy atom. The zero-order valence-electron chi connectivity index (χ0n) is 9.92. The summed E-state index contributed by atoms with van der Waals surface area (Å²) in [5.74, 6) is 0.233. The molecule has 0 aromatic heterocycles. The number of allylic oxidation sites excluding steroid dienone is 2. The van der Waals surface area contributed by atoms with Crippen LogP contribution in [0.5, 0.6) is 0 Å². The molecule has 0 saturated carbocycles. The summed E-state index contributed by atoms with van der Waals surface area (Å²) < 4.78 is 1.05. The molecule has 0 unspecified atom stereocenters. The van der Waals surface area contributed by atoms with Crippen LogP contribution in [0.4, 0.5) is 0 Å². The summed E-state index contributed by atoms with van der Waals surface area (Å²) in [7, 11) is 0. The maximum absolute atomic E-state index is 12.4. The van der Waals surface area contributed by atoms with E-state index < -0.39 is 0 Å². The summed E-state index contributed by atoms with van der Waals surface area (Å²) in [5, 5.41) is 0. The third-order valence-electron chi connectivity index (χ3n) is 3.20. The number of carbonyl (C=O) groups is 1. The average Bonchev–Trinajstić information content (AvgIpc) is 2.28. The minimum Gasteiger partial charge on any atom is -0.289 e. The molecule has 0 heterocycles. The van der Waals surface area contributed by atoms with Crippen molar-refractivity contribution in [1.82, 2.24) is 0 Å². The fourth-order valence-corrected chi connectivity index (χ4v) is 2.85. The number of halogens is 1. The molecule has 0 atom stereocenters. The summed E-state index contributed by atoms with van der Waals surface area (Å²) in [4.78, 5) is 12.4. The standard InChI is InChI=1S/C15H17IO/c16-14-11-7-6-10-13(14)15(17)12-8-4-2-1-3-5-9-12/h6-8,10-11H,1-5,9H2/b12-8+. The highest BCUT2D eigenvalue weighted by molar-refractivity contribution is 14.1. The van der Waals surface area contributed by atoms with Crippen LogP contribution in [0, 0.1) is 3.57 Å². The third-order valence-corrected chi connectivity index (χ3v) is 4.14. The van der Waals surface area contributed by atoms with Crippen LogP contribution in [0.2, 0.25) is 0 Å². The van der Waals surface area contributed by atoms with Gasteiger partial charge < -0.3 is 0 Å². The Kier molecular flexibility index (Phi) is 4.77. The van der Waals surface area contributed by atoms with Crippen LogP contribution in [0.25, 0.3) is 0 Å². The molecule has 17 heavy (non-hydrogen) atoms. The highest BCUT2D eigenvalue weighted by Gasteiger charge is 2.15. The van der Waals surface area contributed by atoms with Crippen LogP contribution in [-0.4, -0.2) is 5.78 Å².